The van der Waals surface area contributed by atoms with E-state index in [0.717, 1.165) is 17.0 Å². The number of rotatable bonds is 1. The molecule has 0 amide bonds. The molecule has 2 aromatic rings. The fourth-order valence-electron chi connectivity index (χ4n) is 1.92. The molecule has 1 aromatic carbocycles. The Hall–Kier alpha value is -1.05. The normalized spacial score (nSPS) is 11.9. The molecule has 0 N–H and O–H groups in total. The molecule has 2 rings (SSSR count). The third-order valence-electron chi connectivity index (χ3n) is 3.43. The van der Waals surface area contributed by atoms with Gasteiger partial charge >= 0.3 is 0 Å². The zero-order valence-corrected chi connectivity index (χ0v) is 16.0. The van der Waals surface area contributed by atoms with E-state index in [9.17, 15) is 0 Å². The van der Waals surface area contributed by atoms with Crippen LogP contribution in [0.1, 0.15) is 52.7 Å². The Morgan fingerprint density at radius 1 is 0.857 bits per heavy atom. The predicted octanol–water partition coefficient (Wildman–Crippen LogP) is 4.54. The Kier molecular flexibility index (Phi) is 5.46. The van der Waals surface area contributed by atoms with Gasteiger partial charge in [-0.15, -0.1) is 35.4 Å². The van der Waals surface area contributed by atoms with E-state index in [1.165, 1.54) is 5.56 Å². The van der Waals surface area contributed by atoms with Crippen molar-refractivity contribution in [2.45, 2.75) is 52.4 Å². The van der Waals surface area contributed by atoms with Crippen molar-refractivity contribution in [2.24, 2.45) is 0 Å². The molecule has 0 atom stereocenters. The summed E-state index contributed by atoms with van der Waals surface area (Å²) < 4.78 is 0. The Morgan fingerprint density at radius 2 is 1.38 bits per heavy atom. The van der Waals surface area contributed by atoms with Crippen molar-refractivity contribution < 1.29 is 20.1 Å². The molecule has 0 fully saturated rings. The van der Waals surface area contributed by atoms with Crippen molar-refractivity contribution in [3.8, 4) is 11.4 Å². The van der Waals surface area contributed by atoms with E-state index in [-0.39, 0.29) is 30.9 Å². The Labute approximate surface area is 141 Å². The molecule has 21 heavy (non-hydrogen) atoms. The first kappa shape index (κ1) is 18.0. The summed E-state index contributed by atoms with van der Waals surface area (Å²) in [5.41, 5.74) is 3.57. The molecule has 2 nitrogen and oxygen atoms in total. The van der Waals surface area contributed by atoms with Crippen LogP contribution in [0.3, 0.4) is 0 Å². The van der Waals surface area contributed by atoms with E-state index < -0.39 is 0 Å². The van der Waals surface area contributed by atoms with Gasteiger partial charge in [0.25, 0.3) is 0 Å². The summed E-state index contributed by atoms with van der Waals surface area (Å²) in [5.74, 6) is 0.740. The quantitative estimate of drug-likeness (QED) is 0.586. The Morgan fingerprint density at radius 3 is 1.86 bits per heavy atom. The minimum atomic E-state index is 0. The molecule has 115 valence electrons. The van der Waals surface area contributed by atoms with Gasteiger partial charge in [0.15, 0.2) is 0 Å². The largest absolute Gasteiger partial charge is 0.285 e. The van der Waals surface area contributed by atoms with Crippen LogP contribution >= 0.6 is 0 Å². The van der Waals surface area contributed by atoms with E-state index in [1.54, 1.807) is 0 Å². The maximum absolute atomic E-state index is 4.50. The Balaban J connectivity index is 0.00000220. The number of hydrogen-bond donors (Lipinski definition) is 0. The zero-order chi connectivity index (χ0) is 15.0. The van der Waals surface area contributed by atoms with Gasteiger partial charge in [-0.1, -0.05) is 41.5 Å². The third kappa shape index (κ3) is 4.46. The average molecular weight is 460 g/mol. The number of benzene rings is 1. The molecule has 0 aliphatic carbocycles. The van der Waals surface area contributed by atoms with Crippen LogP contribution in [-0.4, -0.2) is 9.97 Å². The van der Waals surface area contributed by atoms with Crippen LogP contribution in [0.5, 0.6) is 0 Å². The molecule has 1 radical (unpaired) electrons. The number of hydrogen-bond acceptors (Lipinski definition) is 2. The van der Waals surface area contributed by atoms with E-state index in [0.29, 0.717) is 0 Å². The molecule has 0 spiro atoms. The van der Waals surface area contributed by atoms with Gasteiger partial charge in [0.1, 0.15) is 0 Å². The molecule has 0 unspecified atom stereocenters. The van der Waals surface area contributed by atoms with Gasteiger partial charge in [0.2, 0.25) is 0 Å². The average Bonchev–Trinajstić information content (AvgIpc) is 2.37. The smallest absolute Gasteiger partial charge is 0.0748 e. The molecular weight excluding hydrogens is 436 g/mol. The van der Waals surface area contributed by atoms with Gasteiger partial charge in [0, 0.05) is 32.5 Å². The molecule has 3 heteroatoms. The van der Waals surface area contributed by atoms with Crippen molar-refractivity contribution in [2.75, 3.05) is 0 Å². The summed E-state index contributed by atoms with van der Waals surface area (Å²) >= 11 is 0. The summed E-state index contributed by atoms with van der Waals surface area (Å²) in [5, 5.41) is 0. The molecule has 0 saturated heterocycles. The summed E-state index contributed by atoms with van der Waals surface area (Å²) in [6, 6.07) is 9.42. The van der Waals surface area contributed by atoms with Crippen LogP contribution in [0, 0.1) is 6.07 Å². The van der Waals surface area contributed by atoms with Crippen molar-refractivity contribution >= 4 is 0 Å². The fraction of sp³-hybridized carbons (Fsp3) is 0.444. The topological polar surface area (TPSA) is 25.8 Å². The molecule has 1 aromatic heterocycles. The SMILES string of the molecule is CC(C)(C)c1cnc(-c2[c-]ccc(C(C)(C)C)c2)nc1.[Ir]. The molecule has 0 aliphatic heterocycles. The van der Waals surface area contributed by atoms with Gasteiger partial charge in [-0.3, -0.25) is 9.97 Å². The zero-order valence-electron chi connectivity index (χ0n) is 13.6. The fourth-order valence-corrected chi connectivity index (χ4v) is 1.92. The van der Waals surface area contributed by atoms with Crippen LogP contribution < -0.4 is 0 Å². The first-order valence-electron chi connectivity index (χ1n) is 7.03. The second-order valence-corrected chi connectivity index (χ2v) is 7.29. The maximum Gasteiger partial charge on any atom is 0.0748 e. The van der Waals surface area contributed by atoms with Crippen molar-refractivity contribution in [3.63, 3.8) is 0 Å². The van der Waals surface area contributed by atoms with Crippen molar-refractivity contribution in [1.82, 2.24) is 9.97 Å². The Bertz CT molecular complexity index is 590. The monoisotopic (exact) mass is 460 g/mol. The predicted molar refractivity (Wildman–Crippen MR) is 83.7 cm³/mol. The van der Waals surface area contributed by atoms with E-state index in [2.05, 4.69) is 69.7 Å². The molecule has 0 aliphatic rings. The van der Waals surface area contributed by atoms with Gasteiger partial charge in [-0.25, -0.2) is 0 Å². The molecule has 0 bridgehead atoms. The van der Waals surface area contributed by atoms with Gasteiger partial charge in [-0.05, 0) is 16.4 Å². The van der Waals surface area contributed by atoms with Crippen molar-refractivity contribution in [1.29, 1.82) is 0 Å². The second-order valence-electron chi connectivity index (χ2n) is 7.29. The van der Waals surface area contributed by atoms with Crippen LogP contribution in [0.15, 0.2) is 30.6 Å². The van der Waals surface area contributed by atoms with E-state index in [4.69, 9.17) is 0 Å². The maximum atomic E-state index is 4.50. The van der Waals surface area contributed by atoms with Crippen LogP contribution in [0.4, 0.5) is 0 Å². The minimum absolute atomic E-state index is 0. The first-order chi connectivity index (χ1) is 9.18. The van der Waals surface area contributed by atoms with E-state index in [1.807, 2.05) is 18.5 Å². The van der Waals surface area contributed by atoms with Gasteiger partial charge in [-0.2, -0.15) is 0 Å². The standard InChI is InChI=1S/C18H23N2.Ir/c1-17(2,3)14-9-7-8-13(10-14)16-19-11-15(12-20-16)18(4,5)6;/h7,9-12H,1-6H3;/q-1;. The molecular formula is C18H23IrN2-. The third-order valence-corrected chi connectivity index (χ3v) is 3.43. The summed E-state index contributed by atoms with van der Waals surface area (Å²) in [7, 11) is 0. The van der Waals surface area contributed by atoms with Crippen molar-refractivity contribution in [3.05, 3.63) is 47.8 Å². The number of nitrogens with zero attached hydrogens (tertiary/aromatic N) is 2. The second kappa shape index (κ2) is 6.37. The summed E-state index contributed by atoms with van der Waals surface area (Å²) in [6.45, 7) is 13.1. The first-order valence-corrected chi connectivity index (χ1v) is 7.03. The molecule has 0 saturated carbocycles. The molecule has 1 heterocycles. The van der Waals surface area contributed by atoms with Gasteiger partial charge < -0.3 is 0 Å². The van der Waals surface area contributed by atoms with Crippen LogP contribution in [0.2, 0.25) is 0 Å². The minimum Gasteiger partial charge on any atom is -0.285 e. The number of aromatic nitrogens is 2. The summed E-state index contributed by atoms with van der Waals surface area (Å²) in [4.78, 5) is 8.99. The van der Waals surface area contributed by atoms with Gasteiger partial charge in [0.05, 0.1) is 5.82 Å². The van der Waals surface area contributed by atoms with Crippen LogP contribution in [-0.2, 0) is 30.9 Å². The summed E-state index contributed by atoms with van der Waals surface area (Å²) in [6.07, 6.45) is 3.83. The van der Waals surface area contributed by atoms with E-state index >= 15 is 0 Å². The van der Waals surface area contributed by atoms with Crippen LogP contribution in [0.25, 0.3) is 11.4 Å².